The van der Waals surface area contributed by atoms with Gasteiger partial charge in [0, 0.05) is 12.0 Å². The second-order valence-corrected chi connectivity index (χ2v) is 7.82. The fraction of sp³-hybridized carbons (Fsp3) is 0.375. The zero-order valence-corrected chi connectivity index (χ0v) is 13.7. The highest BCUT2D eigenvalue weighted by molar-refractivity contribution is 7.91. The van der Waals surface area contributed by atoms with Crippen molar-refractivity contribution in [3.05, 3.63) is 41.3 Å². The van der Waals surface area contributed by atoms with Crippen molar-refractivity contribution in [1.29, 1.82) is 0 Å². The molecule has 1 amide bonds. The van der Waals surface area contributed by atoms with Crippen LogP contribution in [0.1, 0.15) is 30.5 Å². The first-order valence-corrected chi connectivity index (χ1v) is 9.36. The average Bonchev–Trinajstić information content (AvgIpc) is 3.13. The monoisotopic (exact) mass is 352 g/mol. The number of aromatic nitrogens is 1. The van der Waals surface area contributed by atoms with Gasteiger partial charge in [0.25, 0.3) is 0 Å². The topological polar surface area (TPSA) is 89.3 Å². The first-order valence-electron chi connectivity index (χ1n) is 7.71. The summed E-state index contributed by atoms with van der Waals surface area (Å²) in [6.45, 7) is 0. The molecule has 1 aliphatic rings. The average molecular weight is 352 g/mol. The first kappa shape index (κ1) is 16.6. The zero-order chi connectivity index (χ0) is 17.2. The molecule has 0 bridgehead atoms. The largest absolute Gasteiger partial charge is 0.338 e. The molecule has 0 saturated carbocycles. The molecule has 0 radical (unpaired) electrons. The van der Waals surface area contributed by atoms with Crippen LogP contribution in [0.4, 0.5) is 10.3 Å². The minimum Gasteiger partial charge on any atom is -0.338 e. The van der Waals surface area contributed by atoms with E-state index in [1.807, 2.05) is 0 Å². The highest BCUT2D eigenvalue weighted by Crippen LogP contribution is 2.28. The van der Waals surface area contributed by atoms with Crippen LogP contribution in [0.5, 0.6) is 0 Å². The van der Waals surface area contributed by atoms with Gasteiger partial charge in [0.2, 0.25) is 11.8 Å². The van der Waals surface area contributed by atoms with Crippen molar-refractivity contribution in [2.75, 3.05) is 11.1 Å². The Morgan fingerprint density at radius 2 is 2.00 bits per heavy atom. The number of sulfone groups is 1. The van der Waals surface area contributed by atoms with E-state index in [1.165, 1.54) is 12.1 Å². The highest BCUT2D eigenvalue weighted by atomic mass is 32.2. The predicted molar refractivity (Wildman–Crippen MR) is 84.8 cm³/mol. The van der Waals surface area contributed by atoms with Gasteiger partial charge in [-0.15, -0.1) is 0 Å². The second-order valence-electron chi connectivity index (χ2n) is 5.72. The molecule has 0 spiro atoms. The number of benzene rings is 1. The van der Waals surface area contributed by atoms with E-state index >= 15 is 0 Å². The fourth-order valence-electron chi connectivity index (χ4n) is 2.70. The summed E-state index contributed by atoms with van der Waals surface area (Å²) < 4.78 is 42.2. The van der Waals surface area contributed by atoms with Crippen LogP contribution < -0.4 is 5.32 Å². The molecule has 1 heterocycles. The second kappa shape index (κ2) is 6.72. The molecule has 3 rings (SSSR count). The molecule has 128 valence electrons. The molecule has 0 unspecified atom stereocenters. The number of carbonyl (C=O) groups excluding carboxylic acids is 1. The molecular formula is C16H17FN2O4S. The number of amides is 1. The number of anilines is 1. The summed E-state index contributed by atoms with van der Waals surface area (Å²) in [7, 11) is -3.53. The van der Waals surface area contributed by atoms with Gasteiger partial charge in [0.15, 0.2) is 9.84 Å². The third-order valence-electron chi connectivity index (χ3n) is 3.95. The number of hydrogen-bond donors (Lipinski definition) is 1. The molecule has 0 fully saturated rings. The third kappa shape index (κ3) is 3.64. The van der Waals surface area contributed by atoms with Crippen molar-refractivity contribution in [2.24, 2.45) is 0 Å². The van der Waals surface area contributed by atoms with Crippen LogP contribution >= 0.6 is 0 Å². The van der Waals surface area contributed by atoms with Crippen LogP contribution in [-0.4, -0.2) is 25.2 Å². The lowest BCUT2D eigenvalue weighted by Gasteiger charge is -2.05. The molecule has 6 nitrogen and oxygen atoms in total. The van der Waals surface area contributed by atoms with Crippen LogP contribution in [-0.2, 0) is 27.5 Å². The Kier molecular flexibility index (Phi) is 4.66. The Balaban J connectivity index is 1.52. The van der Waals surface area contributed by atoms with Gasteiger partial charge in [-0.1, -0.05) is 5.16 Å². The Bertz CT molecular complexity index is 843. The number of rotatable bonds is 6. The standard InChI is InChI=1S/C16H17FN2O4S/c17-11-6-8-12(9-7-11)24(21,22)10-2-5-15(20)18-16-13-3-1-4-14(13)19-23-16/h6-9H,1-5,10H2,(H,18,20). The predicted octanol–water partition coefficient (Wildman–Crippen LogP) is 2.50. The maximum atomic E-state index is 12.8. The van der Waals surface area contributed by atoms with Crippen LogP contribution in [0.3, 0.4) is 0 Å². The van der Waals surface area contributed by atoms with E-state index < -0.39 is 15.7 Å². The van der Waals surface area contributed by atoms with E-state index in [1.54, 1.807) is 0 Å². The third-order valence-corrected chi connectivity index (χ3v) is 5.77. The number of nitrogens with one attached hydrogen (secondary N) is 1. The number of aryl methyl sites for hydroxylation is 1. The number of nitrogens with zero attached hydrogens (tertiary/aromatic N) is 1. The molecule has 1 aromatic carbocycles. The zero-order valence-electron chi connectivity index (χ0n) is 12.9. The van der Waals surface area contributed by atoms with Gasteiger partial charge in [-0.2, -0.15) is 0 Å². The molecule has 0 saturated heterocycles. The van der Waals surface area contributed by atoms with Gasteiger partial charge in [-0.3, -0.25) is 10.1 Å². The van der Waals surface area contributed by atoms with E-state index in [2.05, 4.69) is 10.5 Å². The quantitative estimate of drug-likeness (QED) is 0.807. The van der Waals surface area contributed by atoms with Gasteiger partial charge in [-0.25, -0.2) is 12.8 Å². The molecule has 1 N–H and O–H groups in total. The van der Waals surface area contributed by atoms with Crippen molar-refractivity contribution in [1.82, 2.24) is 5.16 Å². The van der Waals surface area contributed by atoms with Crippen LogP contribution in [0.25, 0.3) is 0 Å². The number of hydrogen-bond acceptors (Lipinski definition) is 5. The van der Waals surface area contributed by atoms with Gasteiger partial charge in [0.1, 0.15) is 5.82 Å². The molecule has 1 aliphatic carbocycles. The Labute approximate surface area is 139 Å². The molecule has 0 aliphatic heterocycles. The van der Waals surface area contributed by atoms with Crippen LogP contribution in [0.2, 0.25) is 0 Å². The normalized spacial score (nSPS) is 13.7. The van der Waals surface area contributed by atoms with Gasteiger partial charge < -0.3 is 4.52 Å². The van der Waals surface area contributed by atoms with Crippen molar-refractivity contribution >= 4 is 21.6 Å². The van der Waals surface area contributed by atoms with Crippen molar-refractivity contribution in [3.8, 4) is 0 Å². The smallest absolute Gasteiger partial charge is 0.234 e. The number of halogens is 1. The van der Waals surface area contributed by atoms with Crippen molar-refractivity contribution < 1.29 is 22.1 Å². The number of fused-ring (bicyclic) bond motifs is 1. The van der Waals surface area contributed by atoms with E-state index in [0.29, 0.717) is 5.88 Å². The fourth-order valence-corrected chi connectivity index (χ4v) is 4.01. The summed E-state index contributed by atoms with van der Waals surface area (Å²) in [5.41, 5.74) is 1.81. The summed E-state index contributed by atoms with van der Waals surface area (Å²) in [6.07, 6.45) is 2.89. The highest BCUT2D eigenvalue weighted by Gasteiger charge is 2.22. The summed E-state index contributed by atoms with van der Waals surface area (Å²) >= 11 is 0. The Morgan fingerprint density at radius 3 is 2.75 bits per heavy atom. The van der Waals surface area contributed by atoms with Crippen LogP contribution in [0, 0.1) is 5.82 Å². The summed E-state index contributed by atoms with van der Waals surface area (Å²) in [5.74, 6) is -0.613. The van der Waals surface area contributed by atoms with Crippen LogP contribution in [0.15, 0.2) is 33.7 Å². The lowest BCUT2D eigenvalue weighted by molar-refractivity contribution is -0.116. The summed E-state index contributed by atoms with van der Waals surface area (Å²) in [6, 6.07) is 4.65. The first-order chi connectivity index (χ1) is 11.5. The molecule has 8 heteroatoms. The molecule has 1 aromatic heterocycles. The van der Waals surface area contributed by atoms with E-state index in [-0.39, 0.29) is 29.4 Å². The summed E-state index contributed by atoms with van der Waals surface area (Å²) in [4.78, 5) is 12.0. The maximum Gasteiger partial charge on any atom is 0.234 e. The van der Waals surface area contributed by atoms with Gasteiger partial charge >= 0.3 is 0 Å². The molecular weight excluding hydrogens is 335 g/mol. The van der Waals surface area contributed by atoms with E-state index in [4.69, 9.17) is 4.52 Å². The van der Waals surface area contributed by atoms with Gasteiger partial charge in [-0.05, 0) is 49.9 Å². The van der Waals surface area contributed by atoms with Crippen molar-refractivity contribution in [2.45, 2.75) is 37.0 Å². The minimum absolute atomic E-state index is 0.0515. The van der Waals surface area contributed by atoms with E-state index in [0.717, 1.165) is 42.7 Å². The number of carbonyl (C=O) groups is 1. The minimum atomic E-state index is -3.53. The lowest BCUT2D eigenvalue weighted by Crippen LogP contribution is -2.14. The summed E-state index contributed by atoms with van der Waals surface area (Å²) in [5, 5.41) is 6.54. The van der Waals surface area contributed by atoms with Crippen molar-refractivity contribution in [3.63, 3.8) is 0 Å². The Morgan fingerprint density at radius 1 is 1.25 bits per heavy atom. The molecule has 2 aromatic rings. The Hall–Kier alpha value is -2.22. The molecule has 24 heavy (non-hydrogen) atoms. The maximum absolute atomic E-state index is 12.8. The van der Waals surface area contributed by atoms with Gasteiger partial charge in [0.05, 0.1) is 16.3 Å². The van der Waals surface area contributed by atoms with E-state index in [9.17, 15) is 17.6 Å². The lowest BCUT2D eigenvalue weighted by atomic mass is 10.2. The molecule has 0 atom stereocenters. The SMILES string of the molecule is O=C(CCCS(=O)(=O)c1ccc(F)cc1)Nc1onc2c1CCC2.